The van der Waals surface area contributed by atoms with Gasteiger partial charge in [-0.2, -0.15) is 0 Å². The summed E-state index contributed by atoms with van der Waals surface area (Å²) >= 11 is 0. The fourth-order valence-electron chi connectivity index (χ4n) is 5.06. The fourth-order valence-corrected chi connectivity index (χ4v) is 5.06. The monoisotopic (exact) mass is 478 g/mol. The van der Waals surface area contributed by atoms with Gasteiger partial charge in [-0.15, -0.1) is 0 Å². The van der Waals surface area contributed by atoms with E-state index in [4.69, 9.17) is 4.74 Å². The minimum absolute atomic E-state index is 0.00659. The molecule has 186 valence electrons. The molecule has 0 spiro atoms. The first-order valence-electron chi connectivity index (χ1n) is 12.4. The number of alkyl carbamates (subject to hydrolysis) is 1. The predicted octanol–water partition coefficient (Wildman–Crippen LogP) is 4.56. The second kappa shape index (κ2) is 10.5. The van der Waals surface area contributed by atoms with Crippen molar-refractivity contribution < 1.29 is 24.2 Å². The Labute approximate surface area is 206 Å². The third-order valence-electron chi connectivity index (χ3n) is 7.63. The molecule has 3 N–H and O–H groups in total. The summed E-state index contributed by atoms with van der Waals surface area (Å²) < 4.78 is 5.60. The molecule has 4 rings (SSSR count). The van der Waals surface area contributed by atoms with Crippen molar-refractivity contribution in [3.63, 3.8) is 0 Å². The fraction of sp³-hybridized carbons (Fsp3) is 0.464. The Morgan fingerprint density at radius 3 is 2.11 bits per heavy atom. The summed E-state index contributed by atoms with van der Waals surface area (Å²) in [7, 11) is 0. The maximum atomic E-state index is 12.5. The first-order valence-corrected chi connectivity index (χ1v) is 12.4. The van der Waals surface area contributed by atoms with Crippen molar-refractivity contribution in [3.8, 4) is 11.1 Å². The molecule has 2 amide bonds. The molecule has 0 saturated heterocycles. The normalized spacial score (nSPS) is 16.5. The SMILES string of the molecule is CC(C)C(CNC(=O)OCC1c2ccccc2-c2ccccc21)CC(=O)NCC1(C(=O)O)CCC1. The number of rotatable bonds is 10. The van der Waals surface area contributed by atoms with Gasteiger partial charge in [0.15, 0.2) is 0 Å². The molecular formula is C28H34N2O5. The van der Waals surface area contributed by atoms with Gasteiger partial charge in [0.05, 0.1) is 5.41 Å². The van der Waals surface area contributed by atoms with Crippen LogP contribution in [0.15, 0.2) is 48.5 Å². The van der Waals surface area contributed by atoms with Crippen LogP contribution in [-0.2, 0) is 14.3 Å². The molecule has 2 aliphatic carbocycles. The van der Waals surface area contributed by atoms with Crippen molar-refractivity contribution in [2.24, 2.45) is 17.3 Å². The molecule has 0 bridgehead atoms. The number of fused-ring (bicyclic) bond motifs is 3. The summed E-state index contributed by atoms with van der Waals surface area (Å²) in [5.74, 6) is -0.968. The molecule has 0 aliphatic heterocycles. The topological polar surface area (TPSA) is 105 Å². The molecule has 35 heavy (non-hydrogen) atoms. The summed E-state index contributed by atoms with van der Waals surface area (Å²) in [6.45, 7) is 4.71. The number of benzene rings is 2. The molecule has 1 fully saturated rings. The quantitative estimate of drug-likeness (QED) is 0.464. The number of carbonyl (C=O) groups is 3. The van der Waals surface area contributed by atoms with Gasteiger partial charge >= 0.3 is 12.1 Å². The average molecular weight is 479 g/mol. The molecule has 2 aliphatic rings. The van der Waals surface area contributed by atoms with Gasteiger partial charge in [0.2, 0.25) is 5.91 Å². The van der Waals surface area contributed by atoms with Gasteiger partial charge in [0, 0.05) is 25.4 Å². The number of ether oxygens (including phenoxy) is 1. The lowest BCUT2D eigenvalue weighted by atomic mass is 9.69. The third-order valence-corrected chi connectivity index (χ3v) is 7.63. The van der Waals surface area contributed by atoms with E-state index in [9.17, 15) is 19.5 Å². The van der Waals surface area contributed by atoms with Crippen LogP contribution >= 0.6 is 0 Å². The van der Waals surface area contributed by atoms with E-state index in [1.807, 2.05) is 38.1 Å². The Bertz CT molecular complexity index is 1050. The number of carboxylic acid groups (broad SMARTS) is 1. The zero-order valence-corrected chi connectivity index (χ0v) is 20.4. The van der Waals surface area contributed by atoms with Crippen LogP contribution in [0.3, 0.4) is 0 Å². The van der Waals surface area contributed by atoms with Gasteiger partial charge in [-0.25, -0.2) is 4.79 Å². The highest BCUT2D eigenvalue weighted by molar-refractivity contribution is 5.80. The number of carboxylic acids is 1. The van der Waals surface area contributed by atoms with Gasteiger partial charge in [-0.1, -0.05) is 68.8 Å². The number of aliphatic carboxylic acids is 1. The standard InChI is InChI=1S/C28H34N2O5/c1-18(2)19(14-25(31)30-17-28(26(32)33)12-7-13-28)15-29-27(34)35-16-24-22-10-5-3-8-20(22)21-9-4-6-11-23(21)24/h3-6,8-11,18-19,24H,7,12-17H2,1-2H3,(H,29,34)(H,30,31)(H,32,33). The lowest BCUT2D eigenvalue weighted by molar-refractivity contribution is -0.154. The molecule has 0 radical (unpaired) electrons. The van der Waals surface area contributed by atoms with E-state index in [-0.39, 0.29) is 43.2 Å². The van der Waals surface area contributed by atoms with Gasteiger partial charge in [0.25, 0.3) is 0 Å². The molecular weight excluding hydrogens is 444 g/mol. The van der Waals surface area contributed by atoms with Crippen molar-refractivity contribution in [1.82, 2.24) is 10.6 Å². The first-order chi connectivity index (χ1) is 16.8. The number of amides is 2. The Hall–Kier alpha value is -3.35. The molecule has 1 unspecified atom stereocenters. The highest BCUT2D eigenvalue weighted by Gasteiger charge is 2.44. The van der Waals surface area contributed by atoms with E-state index >= 15 is 0 Å². The van der Waals surface area contributed by atoms with Crippen LogP contribution in [0, 0.1) is 17.3 Å². The highest BCUT2D eigenvalue weighted by atomic mass is 16.5. The molecule has 0 aromatic heterocycles. The van der Waals surface area contributed by atoms with Gasteiger partial charge in [-0.05, 0) is 46.9 Å². The molecule has 1 saturated carbocycles. The number of nitrogens with one attached hydrogen (secondary N) is 2. The van der Waals surface area contributed by atoms with Gasteiger partial charge in [0.1, 0.15) is 6.61 Å². The highest BCUT2D eigenvalue weighted by Crippen LogP contribution is 2.44. The Kier molecular flexibility index (Phi) is 7.43. The van der Waals surface area contributed by atoms with Crippen LogP contribution in [-0.4, -0.2) is 42.8 Å². The Morgan fingerprint density at radius 1 is 1.00 bits per heavy atom. The number of hydrogen-bond acceptors (Lipinski definition) is 4. The van der Waals surface area contributed by atoms with E-state index in [0.717, 1.165) is 17.5 Å². The zero-order valence-electron chi connectivity index (χ0n) is 20.4. The molecule has 7 nitrogen and oxygen atoms in total. The molecule has 1 atom stereocenters. The minimum Gasteiger partial charge on any atom is -0.481 e. The zero-order chi connectivity index (χ0) is 25.0. The van der Waals surface area contributed by atoms with E-state index < -0.39 is 17.5 Å². The second-order valence-corrected chi connectivity index (χ2v) is 10.1. The summed E-state index contributed by atoms with van der Waals surface area (Å²) in [4.78, 5) is 36.5. The molecule has 7 heteroatoms. The van der Waals surface area contributed by atoms with Crippen LogP contribution in [0.25, 0.3) is 11.1 Å². The van der Waals surface area contributed by atoms with E-state index in [2.05, 4.69) is 34.9 Å². The summed E-state index contributed by atoms with van der Waals surface area (Å²) in [5.41, 5.74) is 3.85. The maximum Gasteiger partial charge on any atom is 0.407 e. The van der Waals surface area contributed by atoms with Gasteiger partial charge in [-0.3, -0.25) is 9.59 Å². The Morgan fingerprint density at radius 2 is 1.60 bits per heavy atom. The molecule has 2 aromatic rings. The minimum atomic E-state index is -0.846. The van der Waals surface area contributed by atoms with Crippen molar-refractivity contribution in [2.75, 3.05) is 19.7 Å². The maximum absolute atomic E-state index is 12.5. The summed E-state index contributed by atoms with van der Waals surface area (Å²) in [6.07, 6.45) is 1.79. The van der Waals surface area contributed by atoms with Gasteiger partial charge < -0.3 is 20.5 Å². The van der Waals surface area contributed by atoms with Crippen molar-refractivity contribution >= 4 is 18.0 Å². The predicted molar refractivity (Wildman–Crippen MR) is 133 cm³/mol. The third kappa shape index (κ3) is 5.34. The van der Waals surface area contributed by atoms with E-state index in [0.29, 0.717) is 19.4 Å². The van der Waals surface area contributed by atoms with Crippen LogP contribution < -0.4 is 10.6 Å². The second-order valence-electron chi connectivity index (χ2n) is 10.1. The number of hydrogen-bond donors (Lipinski definition) is 3. The van der Waals surface area contributed by atoms with Crippen LogP contribution in [0.4, 0.5) is 4.79 Å². The Balaban J connectivity index is 1.27. The van der Waals surface area contributed by atoms with Crippen molar-refractivity contribution in [2.45, 2.75) is 45.4 Å². The first kappa shape index (κ1) is 24.8. The van der Waals surface area contributed by atoms with Crippen LogP contribution in [0.1, 0.15) is 56.6 Å². The smallest absolute Gasteiger partial charge is 0.407 e. The van der Waals surface area contributed by atoms with E-state index in [1.165, 1.54) is 11.1 Å². The lowest BCUT2D eigenvalue weighted by Gasteiger charge is -2.37. The average Bonchev–Trinajstić information content (AvgIpc) is 3.13. The van der Waals surface area contributed by atoms with Crippen molar-refractivity contribution in [1.29, 1.82) is 0 Å². The summed E-state index contributed by atoms with van der Waals surface area (Å²) in [5, 5.41) is 15.1. The van der Waals surface area contributed by atoms with E-state index in [1.54, 1.807) is 0 Å². The van der Waals surface area contributed by atoms with Crippen LogP contribution in [0.2, 0.25) is 0 Å². The summed E-state index contributed by atoms with van der Waals surface area (Å²) in [6, 6.07) is 16.4. The molecule has 0 heterocycles. The van der Waals surface area contributed by atoms with Crippen LogP contribution in [0.5, 0.6) is 0 Å². The van der Waals surface area contributed by atoms with Crippen molar-refractivity contribution in [3.05, 3.63) is 59.7 Å². The number of carbonyl (C=O) groups excluding carboxylic acids is 2. The molecule has 2 aromatic carbocycles. The lowest BCUT2D eigenvalue weighted by Crippen LogP contribution is -2.48. The largest absolute Gasteiger partial charge is 0.481 e.